The summed E-state index contributed by atoms with van der Waals surface area (Å²) in [6, 6.07) is 18.3. The number of hydrogen-bond acceptors (Lipinski definition) is 5. The van der Waals surface area contributed by atoms with Gasteiger partial charge in [0.15, 0.2) is 0 Å². The number of carbonyl (C=O) groups is 1. The Morgan fingerprint density at radius 3 is 2.40 bits per heavy atom. The van der Waals surface area contributed by atoms with Crippen LogP contribution in [0.3, 0.4) is 0 Å². The molecule has 1 aromatic heterocycles. The van der Waals surface area contributed by atoms with E-state index in [9.17, 15) is 18.9 Å². The van der Waals surface area contributed by atoms with Crippen molar-refractivity contribution in [1.82, 2.24) is 4.98 Å². The molecule has 2 unspecified atom stereocenters. The van der Waals surface area contributed by atoms with E-state index < -0.39 is 26.5 Å². The molecule has 1 heterocycles. The van der Waals surface area contributed by atoms with Crippen LogP contribution in [0.4, 0.5) is 4.39 Å². The number of pyridine rings is 1. The fraction of sp³-hybridized carbons (Fsp3) is 0.333. The van der Waals surface area contributed by atoms with Crippen LogP contribution in [-0.4, -0.2) is 40.0 Å². The van der Waals surface area contributed by atoms with Crippen LogP contribution in [0.25, 0.3) is 22.4 Å². The fourth-order valence-electron chi connectivity index (χ4n) is 3.88. The summed E-state index contributed by atoms with van der Waals surface area (Å²) in [6.45, 7) is 4.34. The third-order valence-corrected chi connectivity index (χ3v) is 6.69. The second-order valence-corrected chi connectivity index (χ2v) is 9.94. The van der Waals surface area contributed by atoms with Gasteiger partial charge in [0.1, 0.15) is 18.5 Å². The number of aliphatic carboxylic acids is 1. The predicted octanol–water partition coefficient (Wildman–Crippen LogP) is 6.21. The SMILES string of the molecule is CC(C)c1nc(-c2ccccc2)cc(-c2ccc(F)cc2)c1CCCO[P+](=O)CC(O)CC(=O)O. The van der Waals surface area contributed by atoms with Crippen LogP contribution in [0.15, 0.2) is 60.7 Å². The first-order chi connectivity index (χ1) is 16.7. The lowest BCUT2D eigenvalue weighted by atomic mass is 9.90. The largest absolute Gasteiger partial charge is 0.510 e. The number of nitrogens with zero attached hydrogens (tertiary/aromatic N) is 1. The molecule has 0 saturated carbocycles. The number of hydrogen-bond donors (Lipinski definition) is 2. The normalized spacial score (nSPS) is 12.5. The number of halogens is 1. The lowest BCUT2D eigenvalue weighted by Crippen LogP contribution is -2.15. The molecule has 35 heavy (non-hydrogen) atoms. The lowest BCUT2D eigenvalue weighted by Gasteiger charge is -2.19. The van der Waals surface area contributed by atoms with Gasteiger partial charge in [0.05, 0.1) is 12.1 Å². The molecule has 3 aromatic rings. The molecule has 0 radical (unpaired) electrons. The van der Waals surface area contributed by atoms with E-state index in [0.29, 0.717) is 12.8 Å². The number of aliphatic hydroxyl groups is 1. The highest BCUT2D eigenvalue weighted by molar-refractivity contribution is 7.39. The number of benzene rings is 2. The molecular weight excluding hydrogens is 468 g/mol. The van der Waals surface area contributed by atoms with Gasteiger partial charge < -0.3 is 10.2 Å². The van der Waals surface area contributed by atoms with Crippen molar-refractivity contribution in [1.29, 1.82) is 0 Å². The Balaban J connectivity index is 1.84. The highest BCUT2D eigenvalue weighted by Gasteiger charge is 2.25. The molecule has 0 fully saturated rings. The van der Waals surface area contributed by atoms with Crippen LogP contribution in [0, 0.1) is 5.82 Å². The zero-order valence-electron chi connectivity index (χ0n) is 19.9. The summed E-state index contributed by atoms with van der Waals surface area (Å²) in [4.78, 5) is 15.6. The second kappa shape index (κ2) is 12.6. The summed E-state index contributed by atoms with van der Waals surface area (Å²) in [5.41, 5.74) is 5.63. The number of carboxylic acids is 1. The van der Waals surface area contributed by atoms with Crippen molar-refractivity contribution >= 4 is 14.0 Å². The molecule has 2 N–H and O–H groups in total. The van der Waals surface area contributed by atoms with Crippen LogP contribution in [0.2, 0.25) is 0 Å². The van der Waals surface area contributed by atoms with E-state index in [4.69, 9.17) is 14.6 Å². The second-order valence-electron chi connectivity index (χ2n) is 8.65. The van der Waals surface area contributed by atoms with Gasteiger partial charge in [0.2, 0.25) is 6.16 Å². The van der Waals surface area contributed by atoms with Gasteiger partial charge in [0, 0.05) is 11.3 Å². The summed E-state index contributed by atoms with van der Waals surface area (Å²) in [7, 11) is -2.16. The predicted molar refractivity (Wildman–Crippen MR) is 134 cm³/mol. The maximum Gasteiger partial charge on any atom is 0.510 e. The van der Waals surface area contributed by atoms with E-state index in [1.54, 1.807) is 12.1 Å². The zero-order chi connectivity index (χ0) is 25.4. The minimum absolute atomic E-state index is 0.136. The first kappa shape index (κ1) is 26.6. The van der Waals surface area contributed by atoms with E-state index in [1.165, 1.54) is 12.1 Å². The van der Waals surface area contributed by atoms with Gasteiger partial charge >= 0.3 is 14.0 Å². The van der Waals surface area contributed by atoms with Crippen molar-refractivity contribution in [2.75, 3.05) is 12.8 Å². The first-order valence-electron chi connectivity index (χ1n) is 11.6. The Morgan fingerprint density at radius 2 is 1.77 bits per heavy atom. The Labute approximate surface area is 205 Å². The topological polar surface area (TPSA) is 96.7 Å². The van der Waals surface area contributed by atoms with Gasteiger partial charge in [-0.15, -0.1) is 4.52 Å². The summed E-state index contributed by atoms with van der Waals surface area (Å²) in [5.74, 6) is -1.32. The van der Waals surface area contributed by atoms with Gasteiger partial charge in [0.25, 0.3) is 0 Å². The Hall–Kier alpha value is -2.99. The molecule has 2 aromatic carbocycles. The van der Waals surface area contributed by atoms with Crippen LogP contribution < -0.4 is 0 Å². The molecule has 6 nitrogen and oxygen atoms in total. The molecule has 8 heteroatoms. The maximum absolute atomic E-state index is 13.6. The molecule has 184 valence electrons. The van der Waals surface area contributed by atoms with Crippen molar-refractivity contribution in [2.45, 2.75) is 45.1 Å². The molecule has 0 saturated heterocycles. The number of rotatable bonds is 12. The standard InChI is InChI=1S/C27H29FNO5P/c1-18(2)27-23(9-6-14-34-35(33)17-22(30)15-26(31)32)24(19-10-12-21(28)13-11-19)16-25(29-27)20-7-4-3-5-8-20/h3-5,7-8,10-13,16,18,22,30H,6,9,14-15,17H2,1-2H3/p+1. The average molecular weight is 499 g/mol. The molecule has 0 amide bonds. The lowest BCUT2D eigenvalue weighted by molar-refractivity contribution is -0.138. The van der Waals surface area contributed by atoms with Crippen LogP contribution in [-0.2, 0) is 20.3 Å². The van der Waals surface area contributed by atoms with Gasteiger partial charge in [-0.2, -0.15) is 0 Å². The summed E-state index contributed by atoms with van der Waals surface area (Å²) >= 11 is 0. The van der Waals surface area contributed by atoms with E-state index in [2.05, 4.69) is 13.8 Å². The Kier molecular flexibility index (Phi) is 9.61. The van der Waals surface area contributed by atoms with Crippen molar-refractivity contribution in [2.24, 2.45) is 0 Å². The highest BCUT2D eigenvalue weighted by atomic mass is 31.1. The van der Waals surface area contributed by atoms with Gasteiger partial charge in [-0.25, -0.2) is 4.39 Å². The number of carboxylic acid groups (broad SMARTS) is 1. The van der Waals surface area contributed by atoms with E-state index in [-0.39, 0.29) is 24.5 Å². The van der Waals surface area contributed by atoms with Crippen LogP contribution in [0.1, 0.15) is 43.9 Å². The van der Waals surface area contributed by atoms with Gasteiger partial charge in [-0.3, -0.25) is 9.78 Å². The molecule has 2 atom stereocenters. The molecule has 3 rings (SSSR count). The number of aliphatic hydroxyl groups excluding tert-OH is 1. The monoisotopic (exact) mass is 498 g/mol. The molecule has 0 aliphatic rings. The third kappa shape index (κ3) is 7.76. The van der Waals surface area contributed by atoms with Gasteiger partial charge in [-0.1, -0.05) is 56.3 Å². The molecule has 0 aliphatic carbocycles. The third-order valence-electron chi connectivity index (χ3n) is 5.50. The number of aromatic nitrogens is 1. The van der Waals surface area contributed by atoms with Crippen molar-refractivity contribution in [3.05, 3.63) is 77.7 Å². The Bertz CT molecular complexity index is 1150. The summed E-state index contributed by atoms with van der Waals surface area (Å²) in [6.07, 6.45) is -0.738. The zero-order valence-corrected chi connectivity index (χ0v) is 20.7. The average Bonchev–Trinajstić information content (AvgIpc) is 2.82. The minimum Gasteiger partial charge on any atom is -0.481 e. The minimum atomic E-state index is -2.16. The maximum atomic E-state index is 13.6. The molecular formula is C27H30FNO5P+. The Morgan fingerprint density at radius 1 is 1.09 bits per heavy atom. The van der Waals surface area contributed by atoms with E-state index >= 15 is 0 Å². The molecule has 0 spiro atoms. The smallest absolute Gasteiger partial charge is 0.481 e. The van der Waals surface area contributed by atoms with Crippen molar-refractivity contribution < 1.29 is 28.5 Å². The first-order valence-corrected chi connectivity index (χ1v) is 12.9. The fourth-order valence-corrected chi connectivity index (χ4v) is 4.79. The highest BCUT2D eigenvalue weighted by Crippen LogP contribution is 2.34. The quantitative estimate of drug-likeness (QED) is 0.228. The van der Waals surface area contributed by atoms with Gasteiger partial charge in [-0.05, 0) is 58.2 Å². The van der Waals surface area contributed by atoms with E-state index in [0.717, 1.165) is 33.6 Å². The van der Waals surface area contributed by atoms with Crippen LogP contribution in [0.5, 0.6) is 0 Å². The van der Waals surface area contributed by atoms with E-state index in [1.807, 2.05) is 36.4 Å². The van der Waals surface area contributed by atoms with Crippen molar-refractivity contribution in [3.63, 3.8) is 0 Å². The summed E-state index contributed by atoms with van der Waals surface area (Å²) in [5, 5.41) is 18.4. The molecule has 0 bridgehead atoms. The summed E-state index contributed by atoms with van der Waals surface area (Å²) < 4.78 is 31.1. The van der Waals surface area contributed by atoms with Crippen LogP contribution >= 0.6 is 8.03 Å². The van der Waals surface area contributed by atoms with Crippen molar-refractivity contribution in [3.8, 4) is 22.4 Å². The molecule has 0 aliphatic heterocycles.